The Hall–Kier alpha value is -1.92. The molecule has 0 aromatic heterocycles. The van der Waals surface area contributed by atoms with Crippen LogP contribution in [0.2, 0.25) is 0 Å². The van der Waals surface area contributed by atoms with Crippen LogP contribution in [0, 0.1) is 0 Å². The number of fused-ring (bicyclic) bond motifs is 1. The number of aliphatic hydroxyl groups excluding tert-OH is 3. The van der Waals surface area contributed by atoms with Gasteiger partial charge in [-0.2, -0.15) is 0 Å². The third-order valence-corrected chi connectivity index (χ3v) is 4.54. The topological polar surface area (TPSA) is 88.4 Å². The molecule has 6 nitrogen and oxygen atoms in total. The zero-order valence-electron chi connectivity index (χ0n) is 16.2. The molecule has 2 rings (SSSR count). The highest BCUT2D eigenvalue weighted by molar-refractivity contribution is 5.69. The molecule has 1 aliphatic rings. The van der Waals surface area contributed by atoms with Crippen LogP contribution in [0.15, 0.2) is 24.0 Å². The van der Waals surface area contributed by atoms with E-state index >= 15 is 0 Å². The van der Waals surface area contributed by atoms with Gasteiger partial charge in [0.05, 0.1) is 31.5 Å². The molecule has 3 N–H and O–H groups in total. The normalized spacial score (nSPS) is 14.5. The van der Waals surface area contributed by atoms with Gasteiger partial charge in [-0.15, -0.1) is 0 Å². The first kappa shape index (κ1) is 21.4. The van der Waals surface area contributed by atoms with Gasteiger partial charge in [-0.05, 0) is 18.6 Å². The summed E-state index contributed by atoms with van der Waals surface area (Å²) in [7, 11) is 0. The Bertz CT molecular complexity index is 598. The van der Waals surface area contributed by atoms with Gasteiger partial charge in [0, 0.05) is 12.5 Å². The maximum Gasteiger partial charge on any atom is 0.176 e. The predicted octanol–water partition coefficient (Wildman–Crippen LogP) is 3.80. The molecule has 6 heteroatoms. The summed E-state index contributed by atoms with van der Waals surface area (Å²) in [6.45, 7) is 2.99. The van der Waals surface area contributed by atoms with Crippen LogP contribution in [0.25, 0.3) is 5.76 Å². The smallest absolute Gasteiger partial charge is 0.176 e. The highest BCUT2D eigenvalue weighted by Crippen LogP contribution is 2.34. The van der Waals surface area contributed by atoms with Crippen LogP contribution >= 0.6 is 0 Å². The summed E-state index contributed by atoms with van der Waals surface area (Å²) in [6, 6.07) is 5.18. The summed E-state index contributed by atoms with van der Waals surface area (Å²) in [5, 5.41) is 28.6. The monoisotopic (exact) mass is 380 g/mol. The van der Waals surface area contributed by atoms with E-state index in [1.54, 1.807) is 18.2 Å². The van der Waals surface area contributed by atoms with E-state index < -0.39 is 6.10 Å². The van der Waals surface area contributed by atoms with Crippen molar-refractivity contribution in [2.45, 2.75) is 58.0 Å². The summed E-state index contributed by atoms with van der Waals surface area (Å²) in [5.41, 5.74) is 0.585. The lowest BCUT2D eigenvalue weighted by Gasteiger charge is -2.21. The van der Waals surface area contributed by atoms with Crippen LogP contribution < -0.4 is 9.47 Å². The lowest BCUT2D eigenvalue weighted by Crippen LogP contribution is -2.16. The van der Waals surface area contributed by atoms with Crippen molar-refractivity contribution in [3.8, 4) is 11.5 Å². The second-order valence-electron chi connectivity index (χ2n) is 6.81. The molecule has 0 fully saturated rings. The van der Waals surface area contributed by atoms with E-state index in [1.807, 2.05) is 0 Å². The molecule has 0 saturated carbocycles. The lowest BCUT2D eigenvalue weighted by atomic mass is 10.1. The van der Waals surface area contributed by atoms with Crippen LogP contribution in [-0.4, -0.2) is 47.9 Å². The molecule has 0 amide bonds. The minimum absolute atomic E-state index is 0.115. The maximum atomic E-state index is 10.4. The Labute approximate surface area is 161 Å². The molecule has 27 heavy (non-hydrogen) atoms. The Morgan fingerprint density at radius 1 is 1.07 bits per heavy atom. The molecule has 1 aromatic carbocycles. The van der Waals surface area contributed by atoms with Crippen molar-refractivity contribution in [3.63, 3.8) is 0 Å². The summed E-state index contributed by atoms with van der Waals surface area (Å²) in [4.78, 5) is 0. The molecule has 0 saturated heterocycles. The number of unbranched alkanes of at least 4 members (excludes halogenated alkanes) is 5. The molecule has 1 aliphatic heterocycles. The van der Waals surface area contributed by atoms with E-state index in [1.165, 1.54) is 25.7 Å². The third-order valence-electron chi connectivity index (χ3n) is 4.54. The van der Waals surface area contributed by atoms with E-state index in [0.29, 0.717) is 35.8 Å². The highest BCUT2D eigenvalue weighted by atomic mass is 16.5. The number of aliphatic hydroxyl groups is 3. The van der Waals surface area contributed by atoms with Crippen molar-refractivity contribution in [2.75, 3.05) is 26.4 Å². The number of benzene rings is 1. The molecule has 0 bridgehead atoms. The Morgan fingerprint density at radius 3 is 2.63 bits per heavy atom. The zero-order chi connectivity index (χ0) is 19.5. The zero-order valence-corrected chi connectivity index (χ0v) is 16.2. The third kappa shape index (κ3) is 6.96. The summed E-state index contributed by atoms with van der Waals surface area (Å²) < 4.78 is 17.0. The Kier molecular flexibility index (Phi) is 9.28. The van der Waals surface area contributed by atoms with E-state index in [2.05, 4.69) is 6.92 Å². The van der Waals surface area contributed by atoms with Gasteiger partial charge in [0.25, 0.3) is 0 Å². The number of ether oxygens (including phenoxy) is 3. The van der Waals surface area contributed by atoms with Gasteiger partial charge in [-0.25, -0.2) is 0 Å². The maximum absolute atomic E-state index is 10.4. The van der Waals surface area contributed by atoms with Crippen LogP contribution in [0.1, 0.15) is 57.4 Å². The highest BCUT2D eigenvalue weighted by Gasteiger charge is 2.21. The van der Waals surface area contributed by atoms with Crippen molar-refractivity contribution >= 4 is 5.76 Å². The van der Waals surface area contributed by atoms with Gasteiger partial charge in [-0.1, -0.05) is 39.0 Å². The van der Waals surface area contributed by atoms with Crippen molar-refractivity contribution in [1.82, 2.24) is 0 Å². The number of hydrogen-bond donors (Lipinski definition) is 3. The molecular formula is C21H32O6. The summed E-state index contributed by atoms with van der Waals surface area (Å²) in [6.07, 6.45) is 6.69. The van der Waals surface area contributed by atoms with E-state index in [9.17, 15) is 10.2 Å². The van der Waals surface area contributed by atoms with E-state index in [0.717, 1.165) is 12.8 Å². The first-order chi connectivity index (χ1) is 13.2. The molecule has 1 aromatic rings. The average Bonchev–Trinajstić information content (AvgIpc) is 2.68. The largest absolute Gasteiger partial charge is 0.504 e. The molecule has 1 atom stereocenters. The number of rotatable bonds is 13. The second kappa shape index (κ2) is 11.7. The molecule has 1 heterocycles. The first-order valence-electron chi connectivity index (χ1n) is 9.89. The second-order valence-corrected chi connectivity index (χ2v) is 6.81. The van der Waals surface area contributed by atoms with Crippen molar-refractivity contribution in [3.05, 3.63) is 29.5 Å². The van der Waals surface area contributed by atoms with Crippen LogP contribution in [0.5, 0.6) is 11.5 Å². The van der Waals surface area contributed by atoms with Crippen LogP contribution in [-0.2, 0) is 4.74 Å². The molecule has 0 radical (unpaired) electrons. The van der Waals surface area contributed by atoms with Gasteiger partial charge in [-0.3, -0.25) is 0 Å². The van der Waals surface area contributed by atoms with E-state index in [4.69, 9.17) is 19.3 Å². The van der Waals surface area contributed by atoms with Gasteiger partial charge >= 0.3 is 0 Å². The number of hydrogen-bond acceptors (Lipinski definition) is 6. The molecule has 0 spiro atoms. The van der Waals surface area contributed by atoms with Gasteiger partial charge in [0.2, 0.25) is 0 Å². The quantitative estimate of drug-likeness (QED) is 0.451. The van der Waals surface area contributed by atoms with Crippen molar-refractivity contribution < 1.29 is 29.5 Å². The molecular weight excluding hydrogens is 348 g/mol. The minimum Gasteiger partial charge on any atom is -0.504 e. The molecule has 0 aliphatic carbocycles. The minimum atomic E-state index is -0.780. The standard InChI is InChI=1S/C21H32O6/c1-2-3-4-5-6-7-11-26-20-15-27-19-13-17(8-9-18(19)21(20)24)25-12-10-16(23)14-22/h8-9,13,16,22-24H,2-7,10-12,14-15H2,1H3. The van der Waals surface area contributed by atoms with Gasteiger partial charge in [0.1, 0.15) is 18.1 Å². The molecule has 152 valence electrons. The lowest BCUT2D eigenvalue weighted by molar-refractivity contribution is 0.0753. The van der Waals surface area contributed by atoms with Crippen LogP contribution in [0.3, 0.4) is 0 Å². The van der Waals surface area contributed by atoms with Crippen molar-refractivity contribution in [1.29, 1.82) is 0 Å². The average molecular weight is 380 g/mol. The first-order valence-corrected chi connectivity index (χ1v) is 9.89. The van der Waals surface area contributed by atoms with Gasteiger partial charge < -0.3 is 29.5 Å². The van der Waals surface area contributed by atoms with Crippen LogP contribution in [0.4, 0.5) is 0 Å². The predicted molar refractivity (Wildman–Crippen MR) is 104 cm³/mol. The SMILES string of the molecule is CCCCCCCCOC1=C(O)c2ccc(OCCC(O)CO)cc2OC1. The summed E-state index contributed by atoms with van der Waals surface area (Å²) in [5.74, 6) is 1.71. The fourth-order valence-electron chi connectivity index (χ4n) is 2.86. The van der Waals surface area contributed by atoms with Gasteiger partial charge in [0.15, 0.2) is 11.5 Å². The van der Waals surface area contributed by atoms with Crippen molar-refractivity contribution in [2.24, 2.45) is 0 Å². The Morgan fingerprint density at radius 2 is 1.85 bits per heavy atom. The fourth-order valence-corrected chi connectivity index (χ4v) is 2.86. The molecule has 1 unspecified atom stereocenters. The Balaban J connectivity index is 1.82. The fraction of sp³-hybridized carbons (Fsp3) is 0.619. The van der Waals surface area contributed by atoms with E-state index in [-0.39, 0.29) is 25.6 Å². The summed E-state index contributed by atoms with van der Waals surface area (Å²) >= 11 is 0.